The number of hydrogen-bond acceptors (Lipinski definition) is 2. The van der Waals surface area contributed by atoms with Crippen molar-refractivity contribution in [2.45, 2.75) is 46.6 Å². The van der Waals surface area contributed by atoms with E-state index in [9.17, 15) is 4.79 Å². The normalized spacial score (nSPS) is 29.0. The summed E-state index contributed by atoms with van der Waals surface area (Å²) >= 11 is 0. The highest BCUT2D eigenvalue weighted by atomic mass is 16.5. The molecule has 1 heterocycles. The van der Waals surface area contributed by atoms with Gasteiger partial charge in [-0.2, -0.15) is 0 Å². The maximum absolute atomic E-state index is 12.5. The van der Waals surface area contributed by atoms with E-state index in [0.29, 0.717) is 6.42 Å². The Morgan fingerprint density at radius 2 is 1.64 bits per heavy atom. The lowest BCUT2D eigenvalue weighted by atomic mass is 9.52. The largest absolute Gasteiger partial charge is 0.482 e. The number of carbonyl (C=O) groups excluding carboxylic acids is 1. The minimum atomic E-state index is -0.488. The fourth-order valence-electron chi connectivity index (χ4n) is 3.77. The maximum Gasteiger partial charge on any atom is 0.166 e. The number of Topliss-reactive ketones (excluding diaryl/α,β-unsaturated/α-hetero) is 1. The second kappa shape index (κ2) is 4.58. The molecule has 1 unspecified atom stereocenters. The van der Waals surface area contributed by atoms with Crippen LogP contribution >= 0.6 is 0 Å². The zero-order valence-corrected chi connectivity index (χ0v) is 14.1. The number of ether oxygens (including phenoxy) is 1. The molecule has 0 saturated heterocycles. The highest BCUT2D eigenvalue weighted by Crippen LogP contribution is 2.61. The molecule has 116 valence electrons. The molecule has 22 heavy (non-hydrogen) atoms. The summed E-state index contributed by atoms with van der Waals surface area (Å²) in [5.74, 6) is 0.928. The first-order chi connectivity index (χ1) is 10.2. The van der Waals surface area contributed by atoms with E-state index in [1.807, 2.05) is 30.4 Å². The quantitative estimate of drug-likeness (QED) is 0.746. The average Bonchev–Trinajstić information content (AvgIpc) is 2.46. The van der Waals surface area contributed by atoms with Gasteiger partial charge in [-0.05, 0) is 18.6 Å². The van der Waals surface area contributed by atoms with E-state index in [1.54, 1.807) is 0 Å². The fraction of sp³-hybridized carbons (Fsp3) is 0.450. The lowest BCUT2D eigenvalue weighted by Crippen LogP contribution is -2.55. The van der Waals surface area contributed by atoms with Gasteiger partial charge in [0, 0.05) is 22.8 Å². The molecule has 0 bridgehead atoms. The topological polar surface area (TPSA) is 26.3 Å². The Morgan fingerprint density at radius 3 is 2.27 bits per heavy atom. The number of rotatable bonds is 1. The third-order valence-electron chi connectivity index (χ3n) is 6.12. The molecule has 2 aliphatic rings. The first kappa shape index (κ1) is 15.1. The van der Waals surface area contributed by atoms with Crippen molar-refractivity contribution in [3.8, 4) is 0 Å². The molecular formula is C20H24O2. The predicted molar refractivity (Wildman–Crippen MR) is 88.2 cm³/mol. The summed E-state index contributed by atoms with van der Waals surface area (Å²) in [5.41, 5.74) is 0.992. The summed E-state index contributed by atoms with van der Waals surface area (Å²) in [7, 11) is 0. The minimum Gasteiger partial charge on any atom is -0.482 e. The summed E-state index contributed by atoms with van der Waals surface area (Å²) in [4.78, 5) is 12.5. The van der Waals surface area contributed by atoms with E-state index < -0.39 is 5.60 Å². The Bertz CT molecular complexity index is 677. The molecule has 0 aromatic heterocycles. The van der Waals surface area contributed by atoms with Crippen LogP contribution in [0.4, 0.5) is 0 Å². The van der Waals surface area contributed by atoms with Crippen LogP contribution in [0.3, 0.4) is 0 Å². The number of allylic oxidation sites excluding steroid dienone is 3. The fourth-order valence-corrected chi connectivity index (χ4v) is 3.77. The van der Waals surface area contributed by atoms with Gasteiger partial charge >= 0.3 is 0 Å². The highest BCUT2D eigenvalue weighted by Gasteiger charge is 2.59. The van der Waals surface area contributed by atoms with Crippen LogP contribution in [-0.4, -0.2) is 5.78 Å². The molecule has 1 atom stereocenters. The van der Waals surface area contributed by atoms with Gasteiger partial charge in [0.2, 0.25) is 0 Å². The van der Waals surface area contributed by atoms with Crippen LogP contribution in [0.15, 0.2) is 53.8 Å². The lowest BCUT2D eigenvalue weighted by Gasteiger charge is -2.58. The van der Waals surface area contributed by atoms with E-state index in [0.717, 1.165) is 16.9 Å². The van der Waals surface area contributed by atoms with Crippen LogP contribution in [0.25, 0.3) is 0 Å². The predicted octanol–water partition coefficient (Wildman–Crippen LogP) is 4.77. The summed E-state index contributed by atoms with van der Waals surface area (Å²) < 4.78 is 6.46. The van der Waals surface area contributed by atoms with Crippen molar-refractivity contribution in [3.05, 3.63) is 59.4 Å². The zero-order valence-electron chi connectivity index (χ0n) is 14.1. The molecule has 1 aromatic rings. The van der Waals surface area contributed by atoms with Gasteiger partial charge in [0.25, 0.3) is 0 Å². The smallest absolute Gasteiger partial charge is 0.166 e. The molecule has 1 aliphatic carbocycles. The van der Waals surface area contributed by atoms with E-state index in [4.69, 9.17) is 4.74 Å². The van der Waals surface area contributed by atoms with E-state index in [-0.39, 0.29) is 16.6 Å². The third kappa shape index (κ3) is 1.76. The molecule has 2 heteroatoms. The first-order valence-corrected chi connectivity index (χ1v) is 7.91. The van der Waals surface area contributed by atoms with Crippen LogP contribution in [0.1, 0.15) is 46.6 Å². The van der Waals surface area contributed by atoms with Gasteiger partial charge in [-0.25, -0.2) is 0 Å². The van der Waals surface area contributed by atoms with Crippen molar-refractivity contribution in [3.63, 3.8) is 0 Å². The zero-order chi connectivity index (χ0) is 16.2. The molecule has 0 saturated carbocycles. The van der Waals surface area contributed by atoms with Gasteiger partial charge in [0.05, 0.1) is 0 Å². The Hall–Kier alpha value is -1.83. The molecule has 0 amide bonds. The van der Waals surface area contributed by atoms with E-state index in [1.165, 1.54) is 0 Å². The van der Waals surface area contributed by atoms with Gasteiger partial charge in [0.1, 0.15) is 11.4 Å². The monoisotopic (exact) mass is 296 g/mol. The van der Waals surface area contributed by atoms with Gasteiger partial charge in [-0.1, -0.05) is 64.1 Å². The summed E-state index contributed by atoms with van der Waals surface area (Å²) in [6.07, 6.45) is 4.35. The molecule has 0 radical (unpaired) electrons. The standard InChI is InChI=1S/C20H24O2/c1-18(2)17-15(21)12-9-13-16(17)22-20(5,19(18,3)4)14-10-7-6-8-11-14/h6-11,13H,12H2,1-5H3. The van der Waals surface area contributed by atoms with Crippen molar-refractivity contribution < 1.29 is 9.53 Å². The summed E-state index contributed by atoms with van der Waals surface area (Å²) in [5, 5.41) is 0. The molecule has 1 aliphatic heterocycles. The minimum absolute atomic E-state index is 0.186. The van der Waals surface area contributed by atoms with Crippen LogP contribution in [-0.2, 0) is 15.1 Å². The highest BCUT2D eigenvalue weighted by molar-refractivity contribution is 6.00. The second-order valence-electron chi connectivity index (χ2n) is 7.52. The van der Waals surface area contributed by atoms with E-state index >= 15 is 0 Å². The average molecular weight is 296 g/mol. The maximum atomic E-state index is 12.5. The van der Waals surface area contributed by atoms with Crippen LogP contribution in [0, 0.1) is 10.8 Å². The molecule has 2 nitrogen and oxygen atoms in total. The Balaban J connectivity index is 2.25. The molecule has 0 spiro atoms. The molecule has 0 N–H and O–H groups in total. The molecule has 1 aromatic carbocycles. The number of benzene rings is 1. The Labute approximate surface area is 132 Å². The molecule has 3 rings (SSSR count). The second-order valence-corrected chi connectivity index (χ2v) is 7.52. The van der Waals surface area contributed by atoms with Crippen LogP contribution in [0.5, 0.6) is 0 Å². The van der Waals surface area contributed by atoms with Crippen LogP contribution in [0.2, 0.25) is 0 Å². The number of ketones is 1. The van der Waals surface area contributed by atoms with Gasteiger partial charge < -0.3 is 4.74 Å². The lowest BCUT2D eigenvalue weighted by molar-refractivity contribution is -0.152. The van der Waals surface area contributed by atoms with Crippen molar-refractivity contribution in [2.75, 3.05) is 0 Å². The molecular weight excluding hydrogens is 272 g/mol. The number of carbonyl (C=O) groups is 1. The first-order valence-electron chi connectivity index (χ1n) is 7.91. The van der Waals surface area contributed by atoms with Crippen molar-refractivity contribution >= 4 is 5.78 Å². The van der Waals surface area contributed by atoms with E-state index in [2.05, 4.69) is 46.8 Å². The number of hydrogen-bond donors (Lipinski definition) is 0. The Morgan fingerprint density at radius 1 is 1.00 bits per heavy atom. The molecule has 0 fully saturated rings. The SMILES string of the molecule is CC1(C)C2=C(C=CCC2=O)OC(C)(c2ccccc2)C1(C)C. The third-order valence-corrected chi connectivity index (χ3v) is 6.12. The summed E-state index contributed by atoms with van der Waals surface area (Å²) in [6.45, 7) is 10.9. The van der Waals surface area contributed by atoms with Crippen molar-refractivity contribution in [1.29, 1.82) is 0 Å². The summed E-state index contributed by atoms with van der Waals surface area (Å²) in [6, 6.07) is 10.3. The van der Waals surface area contributed by atoms with Gasteiger partial charge in [0.15, 0.2) is 5.78 Å². The Kier molecular flexibility index (Phi) is 3.14. The van der Waals surface area contributed by atoms with Crippen LogP contribution < -0.4 is 0 Å². The van der Waals surface area contributed by atoms with Gasteiger partial charge in [-0.15, -0.1) is 0 Å². The van der Waals surface area contributed by atoms with Gasteiger partial charge in [-0.3, -0.25) is 4.79 Å². The van der Waals surface area contributed by atoms with Crippen molar-refractivity contribution in [2.24, 2.45) is 10.8 Å². The van der Waals surface area contributed by atoms with Crippen molar-refractivity contribution in [1.82, 2.24) is 0 Å².